The van der Waals surface area contributed by atoms with E-state index in [4.69, 9.17) is 0 Å². The van der Waals surface area contributed by atoms with Gasteiger partial charge in [-0.1, -0.05) is 18.2 Å². The topological polar surface area (TPSA) is 78.4 Å². The van der Waals surface area contributed by atoms with Crippen LogP contribution in [-0.4, -0.2) is 43.5 Å². The van der Waals surface area contributed by atoms with E-state index < -0.39 is 0 Å². The van der Waals surface area contributed by atoms with Crippen molar-refractivity contribution in [2.45, 2.75) is 12.8 Å². The van der Waals surface area contributed by atoms with Crippen LogP contribution in [0.5, 0.6) is 0 Å². The van der Waals surface area contributed by atoms with Crippen LogP contribution >= 0.6 is 24.0 Å². The Balaban J connectivity index is 0.00000364. The Hall–Kier alpha value is -2.23. The van der Waals surface area contributed by atoms with Gasteiger partial charge in [0.1, 0.15) is 5.82 Å². The molecule has 0 saturated heterocycles. The lowest BCUT2D eigenvalue weighted by molar-refractivity contribution is -0.120. The highest BCUT2D eigenvalue weighted by Gasteiger charge is 2.03. The number of halogens is 2. The Morgan fingerprint density at radius 2 is 1.74 bits per heavy atom. The van der Waals surface area contributed by atoms with Gasteiger partial charge in [-0.15, -0.1) is 24.0 Å². The molecule has 0 aliphatic carbocycles. The maximum absolute atomic E-state index is 12.8. The lowest BCUT2D eigenvalue weighted by atomic mass is 10.1. The summed E-state index contributed by atoms with van der Waals surface area (Å²) in [4.78, 5) is 20.3. The van der Waals surface area contributed by atoms with Crippen LogP contribution in [0.1, 0.15) is 11.3 Å². The molecule has 27 heavy (non-hydrogen) atoms. The Labute approximate surface area is 176 Å². The number of guanidine groups is 1. The molecule has 0 aliphatic heterocycles. The number of aliphatic imine (C=N–C) groups is 1. The second-order valence-electron chi connectivity index (χ2n) is 5.65. The van der Waals surface area contributed by atoms with Gasteiger partial charge in [0.05, 0.1) is 6.42 Å². The van der Waals surface area contributed by atoms with Crippen molar-refractivity contribution in [2.75, 3.05) is 26.7 Å². The fourth-order valence-corrected chi connectivity index (χ4v) is 2.31. The highest BCUT2D eigenvalue weighted by molar-refractivity contribution is 14.0. The van der Waals surface area contributed by atoms with Crippen molar-refractivity contribution in [3.05, 3.63) is 65.7 Å². The summed E-state index contributed by atoms with van der Waals surface area (Å²) in [5.41, 5.74) is 1.80. The van der Waals surface area contributed by atoms with E-state index in [0.29, 0.717) is 25.6 Å². The zero-order valence-electron chi connectivity index (χ0n) is 15.2. The van der Waals surface area contributed by atoms with Crippen LogP contribution in [0, 0.1) is 5.82 Å². The van der Waals surface area contributed by atoms with E-state index in [0.717, 1.165) is 17.7 Å². The quantitative estimate of drug-likeness (QED) is 0.231. The number of nitrogens with one attached hydrogen (secondary N) is 3. The van der Waals surface area contributed by atoms with Crippen LogP contribution in [0.3, 0.4) is 0 Å². The second kappa shape index (κ2) is 13.0. The molecule has 0 aliphatic rings. The third-order valence-corrected chi connectivity index (χ3v) is 3.64. The molecular formula is C19H25FIN5O. The number of hydrogen-bond acceptors (Lipinski definition) is 3. The van der Waals surface area contributed by atoms with Crippen molar-refractivity contribution in [3.8, 4) is 0 Å². The zero-order chi connectivity index (χ0) is 18.6. The molecule has 0 spiro atoms. The molecule has 1 aromatic heterocycles. The van der Waals surface area contributed by atoms with Gasteiger partial charge in [-0.2, -0.15) is 0 Å². The van der Waals surface area contributed by atoms with Crippen molar-refractivity contribution in [3.63, 3.8) is 0 Å². The molecule has 146 valence electrons. The summed E-state index contributed by atoms with van der Waals surface area (Å²) in [6.07, 6.45) is 2.81. The molecule has 0 unspecified atom stereocenters. The summed E-state index contributed by atoms with van der Waals surface area (Å²) >= 11 is 0. The van der Waals surface area contributed by atoms with Crippen LogP contribution in [0.15, 0.2) is 53.7 Å². The van der Waals surface area contributed by atoms with Gasteiger partial charge >= 0.3 is 0 Å². The molecule has 0 radical (unpaired) electrons. The van der Waals surface area contributed by atoms with Crippen LogP contribution in [-0.2, 0) is 17.6 Å². The van der Waals surface area contributed by atoms with Crippen molar-refractivity contribution >= 4 is 35.8 Å². The fourth-order valence-electron chi connectivity index (χ4n) is 2.31. The van der Waals surface area contributed by atoms with Crippen molar-refractivity contribution in [1.29, 1.82) is 0 Å². The van der Waals surface area contributed by atoms with Gasteiger partial charge in [-0.25, -0.2) is 4.39 Å². The van der Waals surface area contributed by atoms with E-state index in [2.05, 4.69) is 25.9 Å². The maximum Gasteiger partial charge on any atom is 0.224 e. The van der Waals surface area contributed by atoms with Gasteiger partial charge < -0.3 is 16.0 Å². The molecule has 2 aromatic rings. The molecule has 6 nitrogen and oxygen atoms in total. The smallest absolute Gasteiger partial charge is 0.224 e. The van der Waals surface area contributed by atoms with Crippen LogP contribution < -0.4 is 16.0 Å². The van der Waals surface area contributed by atoms with Crippen molar-refractivity contribution in [2.24, 2.45) is 4.99 Å². The minimum Gasteiger partial charge on any atom is -0.356 e. The molecule has 1 heterocycles. The first kappa shape index (κ1) is 22.8. The van der Waals surface area contributed by atoms with Gasteiger partial charge in [-0.05, 0) is 29.8 Å². The van der Waals surface area contributed by atoms with Gasteiger partial charge in [0.2, 0.25) is 5.91 Å². The van der Waals surface area contributed by atoms with Crippen LogP contribution in [0.25, 0.3) is 0 Å². The number of rotatable bonds is 8. The third kappa shape index (κ3) is 9.32. The van der Waals surface area contributed by atoms with E-state index in [-0.39, 0.29) is 42.1 Å². The number of benzene rings is 1. The highest BCUT2D eigenvalue weighted by Crippen LogP contribution is 2.03. The summed E-state index contributed by atoms with van der Waals surface area (Å²) in [5, 5.41) is 9.16. The molecule has 0 fully saturated rings. The molecule has 1 aromatic carbocycles. The number of carbonyl (C=O) groups is 1. The molecule has 0 atom stereocenters. The summed E-state index contributed by atoms with van der Waals surface area (Å²) in [5.74, 6) is 0.269. The monoisotopic (exact) mass is 485 g/mol. The molecule has 8 heteroatoms. The normalized spacial score (nSPS) is 10.7. The fraction of sp³-hybridized carbons (Fsp3) is 0.316. The van der Waals surface area contributed by atoms with Gasteiger partial charge in [0.25, 0.3) is 0 Å². The Kier molecular flexibility index (Phi) is 11.0. The number of nitrogens with zero attached hydrogens (tertiary/aromatic N) is 2. The number of hydrogen-bond donors (Lipinski definition) is 3. The number of pyridine rings is 1. The summed E-state index contributed by atoms with van der Waals surface area (Å²) in [6.45, 7) is 1.74. The van der Waals surface area contributed by atoms with Gasteiger partial charge in [0, 0.05) is 45.0 Å². The standard InChI is InChI=1S/C19H24FN5O.HI/c1-21-19(24-11-9-17-4-2-3-10-22-17)25-13-12-23-18(26)14-15-5-7-16(20)8-6-15;/h2-8,10H,9,11-14H2,1H3,(H,23,26)(H2,21,24,25);1H. The molecular weight excluding hydrogens is 460 g/mol. The van der Waals surface area contributed by atoms with E-state index in [9.17, 15) is 9.18 Å². The Morgan fingerprint density at radius 1 is 1.04 bits per heavy atom. The predicted molar refractivity (Wildman–Crippen MR) is 116 cm³/mol. The summed E-state index contributed by atoms with van der Waals surface area (Å²) in [7, 11) is 1.70. The summed E-state index contributed by atoms with van der Waals surface area (Å²) in [6, 6.07) is 11.8. The SMILES string of the molecule is CN=C(NCCNC(=O)Cc1ccc(F)cc1)NCCc1ccccn1.I. The first-order valence-corrected chi connectivity index (χ1v) is 8.53. The molecule has 3 N–H and O–H groups in total. The Bertz CT molecular complexity index is 710. The number of amides is 1. The van der Waals surface area contributed by atoms with Gasteiger partial charge in [0.15, 0.2) is 5.96 Å². The lowest BCUT2D eigenvalue weighted by Gasteiger charge is -2.12. The van der Waals surface area contributed by atoms with E-state index >= 15 is 0 Å². The number of carbonyl (C=O) groups excluding carboxylic acids is 1. The van der Waals surface area contributed by atoms with Crippen LogP contribution in [0.4, 0.5) is 4.39 Å². The van der Waals surface area contributed by atoms with E-state index in [1.165, 1.54) is 12.1 Å². The second-order valence-corrected chi connectivity index (χ2v) is 5.65. The van der Waals surface area contributed by atoms with E-state index in [1.54, 1.807) is 25.4 Å². The largest absolute Gasteiger partial charge is 0.356 e. The van der Waals surface area contributed by atoms with Crippen molar-refractivity contribution in [1.82, 2.24) is 20.9 Å². The highest BCUT2D eigenvalue weighted by atomic mass is 127. The Morgan fingerprint density at radius 3 is 2.41 bits per heavy atom. The zero-order valence-corrected chi connectivity index (χ0v) is 17.6. The molecule has 0 bridgehead atoms. The average Bonchev–Trinajstić information content (AvgIpc) is 2.66. The third-order valence-electron chi connectivity index (χ3n) is 3.64. The first-order valence-electron chi connectivity index (χ1n) is 8.53. The van der Waals surface area contributed by atoms with E-state index in [1.807, 2.05) is 18.2 Å². The molecule has 2 rings (SSSR count). The number of aromatic nitrogens is 1. The van der Waals surface area contributed by atoms with Crippen LogP contribution in [0.2, 0.25) is 0 Å². The minimum atomic E-state index is -0.305. The predicted octanol–water partition coefficient (Wildman–Crippen LogP) is 1.91. The average molecular weight is 485 g/mol. The van der Waals surface area contributed by atoms with Gasteiger partial charge in [-0.3, -0.25) is 14.8 Å². The maximum atomic E-state index is 12.8. The first-order chi connectivity index (χ1) is 12.7. The summed E-state index contributed by atoms with van der Waals surface area (Å²) < 4.78 is 12.8. The molecule has 0 saturated carbocycles. The molecule has 1 amide bonds. The van der Waals surface area contributed by atoms with Crippen molar-refractivity contribution < 1.29 is 9.18 Å². The minimum absolute atomic E-state index is 0. The lowest BCUT2D eigenvalue weighted by Crippen LogP contribution is -2.42.